The van der Waals surface area contributed by atoms with Crippen molar-refractivity contribution < 1.29 is 35.4 Å². The molecule has 0 spiro atoms. The Morgan fingerprint density at radius 1 is 1.07 bits per heavy atom. The van der Waals surface area contributed by atoms with Gasteiger partial charge in [0.25, 0.3) is 0 Å². The standard InChI is InChI=1S/C6H12O7.Sn/c7-1-2(8)3(9)4(10)5(11)6(12)13;/h2-5,7-11H,1H2,(H,12,13);/q;+2/t2-,3+,4+,5+;/m1./s1. The molecule has 0 bridgehead atoms. The minimum absolute atomic E-state index is 0. The van der Waals surface area contributed by atoms with Crippen LogP contribution in [0, 0.1) is 0 Å². The molecule has 0 aromatic heterocycles. The Kier molecular flexibility index (Phi) is 8.69. The van der Waals surface area contributed by atoms with Gasteiger partial charge in [0.15, 0.2) is 6.10 Å². The third-order valence-electron chi connectivity index (χ3n) is 1.51. The predicted octanol–water partition coefficient (Wildman–Crippen LogP) is -3.87. The molecule has 14 heavy (non-hydrogen) atoms. The van der Waals surface area contributed by atoms with E-state index in [1.807, 2.05) is 0 Å². The van der Waals surface area contributed by atoms with Crippen molar-refractivity contribution in [2.45, 2.75) is 24.4 Å². The summed E-state index contributed by atoms with van der Waals surface area (Å²) < 4.78 is 0. The van der Waals surface area contributed by atoms with Crippen LogP contribution in [0.3, 0.4) is 0 Å². The van der Waals surface area contributed by atoms with Crippen molar-refractivity contribution in [3.63, 3.8) is 0 Å². The van der Waals surface area contributed by atoms with Crippen LogP contribution in [0.4, 0.5) is 0 Å². The average molecular weight is 315 g/mol. The molecule has 80 valence electrons. The minimum atomic E-state index is -2.20. The van der Waals surface area contributed by atoms with Crippen LogP contribution in [0.5, 0.6) is 0 Å². The summed E-state index contributed by atoms with van der Waals surface area (Å²) in [5.41, 5.74) is 0. The van der Waals surface area contributed by atoms with Crippen molar-refractivity contribution in [2.24, 2.45) is 0 Å². The van der Waals surface area contributed by atoms with Gasteiger partial charge in [-0.15, -0.1) is 0 Å². The summed E-state index contributed by atoms with van der Waals surface area (Å²) >= 11 is 0. The Hall–Kier alpha value is 0.0687. The Balaban J connectivity index is 0. The molecule has 6 N–H and O–H groups in total. The van der Waals surface area contributed by atoms with E-state index in [9.17, 15) is 4.79 Å². The number of hydrogen-bond donors (Lipinski definition) is 6. The Bertz CT molecular complexity index is 176. The second kappa shape index (κ2) is 7.37. The first-order chi connectivity index (χ1) is 5.91. The van der Waals surface area contributed by atoms with E-state index in [1.54, 1.807) is 0 Å². The van der Waals surface area contributed by atoms with Gasteiger partial charge in [0.05, 0.1) is 6.61 Å². The molecular formula is C6H12O7Sn+2. The van der Waals surface area contributed by atoms with Crippen LogP contribution in [-0.4, -0.2) is 91.5 Å². The number of aliphatic hydroxyl groups excluding tert-OH is 5. The molecular weight excluding hydrogens is 303 g/mol. The number of carbonyl (C=O) groups is 1. The van der Waals surface area contributed by atoms with Gasteiger partial charge in [-0.1, -0.05) is 0 Å². The third-order valence-corrected chi connectivity index (χ3v) is 1.51. The van der Waals surface area contributed by atoms with Crippen LogP contribution < -0.4 is 0 Å². The van der Waals surface area contributed by atoms with E-state index < -0.39 is 37.0 Å². The SMILES string of the molecule is O=C(O)[C@@H](O)[C@@H](O)[C@@H](O)[C@H](O)CO.[Sn+2]. The van der Waals surface area contributed by atoms with Gasteiger partial charge in [-0.05, 0) is 0 Å². The number of hydrogen-bond acceptors (Lipinski definition) is 6. The first kappa shape index (κ1) is 16.5. The first-order valence-corrected chi connectivity index (χ1v) is 3.47. The van der Waals surface area contributed by atoms with E-state index in [0.29, 0.717) is 0 Å². The second-order valence-corrected chi connectivity index (χ2v) is 2.51. The van der Waals surface area contributed by atoms with Crippen molar-refractivity contribution in [3.8, 4) is 0 Å². The van der Waals surface area contributed by atoms with Gasteiger partial charge in [-0.3, -0.25) is 0 Å². The molecule has 0 saturated heterocycles. The zero-order valence-corrected chi connectivity index (χ0v) is 9.96. The molecule has 8 heteroatoms. The first-order valence-electron chi connectivity index (χ1n) is 3.47. The second-order valence-electron chi connectivity index (χ2n) is 2.51. The Labute approximate surface area is 96.6 Å². The maximum absolute atomic E-state index is 10.1. The third kappa shape index (κ3) is 4.53. The molecule has 0 aromatic carbocycles. The van der Waals surface area contributed by atoms with Crippen molar-refractivity contribution in [1.82, 2.24) is 0 Å². The summed E-state index contributed by atoms with van der Waals surface area (Å²) in [6, 6.07) is 0. The normalized spacial score (nSPS) is 18.9. The summed E-state index contributed by atoms with van der Waals surface area (Å²) in [4.78, 5) is 10.1. The molecule has 0 aliphatic carbocycles. The van der Waals surface area contributed by atoms with E-state index in [-0.39, 0.29) is 23.9 Å². The zero-order valence-electron chi connectivity index (χ0n) is 7.11. The molecule has 0 aliphatic heterocycles. The van der Waals surface area contributed by atoms with Crippen LogP contribution >= 0.6 is 0 Å². The molecule has 4 atom stereocenters. The molecule has 7 nitrogen and oxygen atoms in total. The average Bonchev–Trinajstić information content (AvgIpc) is 2.12. The van der Waals surface area contributed by atoms with Gasteiger partial charge in [-0.25, -0.2) is 4.79 Å². The molecule has 0 aliphatic rings. The largest absolute Gasteiger partial charge is 2.00 e. The van der Waals surface area contributed by atoms with Gasteiger partial charge in [0.1, 0.15) is 18.3 Å². The van der Waals surface area contributed by atoms with Crippen LogP contribution in [0.25, 0.3) is 0 Å². The fourth-order valence-corrected chi connectivity index (χ4v) is 0.668. The van der Waals surface area contributed by atoms with Crippen molar-refractivity contribution in [1.29, 1.82) is 0 Å². The van der Waals surface area contributed by atoms with Gasteiger partial charge < -0.3 is 30.6 Å². The summed E-state index contributed by atoms with van der Waals surface area (Å²) in [5.74, 6) is -1.73. The fraction of sp³-hybridized carbons (Fsp3) is 0.833. The summed E-state index contributed by atoms with van der Waals surface area (Å²) in [7, 11) is 0. The van der Waals surface area contributed by atoms with E-state index in [2.05, 4.69) is 0 Å². The smallest absolute Gasteiger partial charge is 0.479 e. The van der Waals surface area contributed by atoms with E-state index >= 15 is 0 Å². The summed E-state index contributed by atoms with van der Waals surface area (Å²) in [5, 5.41) is 51.8. The molecule has 0 saturated carbocycles. The number of aliphatic hydroxyl groups is 5. The van der Waals surface area contributed by atoms with Crippen molar-refractivity contribution in [2.75, 3.05) is 6.61 Å². The molecule has 0 aromatic rings. The van der Waals surface area contributed by atoms with Gasteiger partial charge >= 0.3 is 29.9 Å². The van der Waals surface area contributed by atoms with Crippen LogP contribution in [0.2, 0.25) is 0 Å². The van der Waals surface area contributed by atoms with Gasteiger partial charge in [-0.2, -0.15) is 0 Å². The van der Waals surface area contributed by atoms with Crippen molar-refractivity contribution >= 4 is 29.9 Å². The topological polar surface area (TPSA) is 138 Å². The maximum Gasteiger partial charge on any atom is 2.00 e. The molecule has 0 amide bonds. The minimum Gasteiger partial charge on any atom is -0.479 e. The number of carboxylic acids is 1. The molecule has 0 unspecified atom stereocenters. The van der Waals surface area contributed by atoms with E-state index in [1.165, 1.54) is 0 Å². The molecule has 2 radical (unpaired) electrons. The van der Waals surface area contributed by atoms with Gasteiger partial charge in [0, 0.05) is 0 Å². The summed E-state index contributed by atoms with van der Waals surface area (Å²) in [6.45, 7) is -0.843. The summed E-state index contributed by atoms with van der Waals surface area (Å²) in [6.07, 6.45) is -7.84. The quantitative estimate of drug-likeness (QED) is 0.285. The number of carboxylic acid groups (broad SMARTS) is 1. The van der Waals surface area contributed by atoms with Crippen molar-refractivity contribution in [3.05, 3.63) is 0 Å². The predicted molar refractivity (Wildman–Crippen MR) is 44.5 cm³/mol. The zero-order chi connectivity index (χ0) is 10.6. The van der Waals surface area contributed by atoms with E-state index in [0.717, 1.165) is 0 Å². The molecule has 0 heterocycles. The maximum atomic E-state index is 10.1. The van der Waals surface area contributed by atoms with Crippen LogP contribution in [0.1, 0.15) is 0 Å². The molecule has 0 rings (SSSR count). The Morgan fingerprint density at radius 2 is 1.50 bits per heavy atom. The van der Waals surface area contributed by atoms with Gasteiger partial charge in [0.2, 0.25) is 0 Å². The number of aliphatic carboxylic acids is 1. The fourth-order valence-electron chi connectivity index (χ4n) is 0.668. The number of rotatable bonds is 5. The Morgan fingerprint density at radius 3 is 1.79 bits per heavy atom. The molecule has 0 fully saturated rings. The van der Waals surface area contributed by atoms with E-state index in [4.69, 9.17) is 30.6 Å². The monoisotopic (exact) mass is 316 g/mol. The van der Waals surface area contributed by atoms with Crippen LogP contribution in [-0.2, 0) is 4.79 Å². The van der Waals surface area contributed by atoms with Crippen LogP contribution in [0.15, 0.2) is 0 Å².